The summed E-state index contributed by atoms with van der Waals surface area (Å²) >= 11 is 1.66. The van der Waals surface area contributed by atoms with E-state index in [9.17, 15) is 0 Å². The summed E-state index contributed by atoms with van der Waals surface area (Å²) in [6.07, 6.45) is 3.37. The van der Waals surface area contributed by atoms with Gasteiger partial charge in [0.2, 0.25) is 0 Å². The van der Waals surface area contributed by atoms with E-state index in [1.165, 1.54) is 22.6 Å². The fourth-order valence-electron chi connectivity index (χ4n) is 2.40. The van der Waals surface area contributed by atoms with Gasteiger partial charge in [0.25, 0.3) is 0 Å². The van der Waals surface area contributed by atoms with E-state index in [1.807, 2.05) is 0 Å². The van der Waals surface area contributed by atoms with Crippen LogP contribution >= 0.6 is 23.7 Å². The van der Waals surface area contributed by atoms with E-state index >= 15 is 0 Å². The number of fused-ring (bicyclic) bond motifs is 1. The molecule has 1 aromatic heterocycles. The van der Waals surface area contributed by atoms with Crippen molar-refractivity contribution >= 4 is 28.9 Å². The highest BCUT2D eigenvalue weighted by Gasteiger charge is 2.22. The molecule has 3 rings (SSSR count). The fourth-order valence-corrected chi connectivity index (χ4v) is 3.36. The Bertz CT molecular complexity index is 495. The third-order valence-corrected chi connectivity index (χ3v) is 4.18. The second-order valence-corrected chi connectivity index (χ2v) is 5.39. The predicted molar refractivity (Wildman–Crippen MR) is 75.0 cm³/mol. The number of hydrogen-bond acceptors (Lipinski definition) is 3. The highest BCUT2D eigenvalue weighted by molar-refractivity contribution is 7.15. The van der Waals surface area contributed by atoms with Gasteiger partial charge in [-0.15, -0.1) is 23.7 Å². The maximum absolute atomic E-state index is 5.75. The van der Waals surface area contributed by atoms with E-state index in [4.69, 9.17) is 5.73 Å². The molecule has 90 valence electrons. The lowest BCUT2D eigenvalue weighted by molar-refractivity contribution is 0.585. The van der Waals surface area contributed by atoms with Crippen LogP contribution in [0.5, 0.6) is 0 Å². The second-order valence-electron chi connectivity index (χ2n) is 4.27. The lowest BCUT2D eigenvalue weighted by atomic mass is 9.85. The summed E-state index contributed by atoms with van der Waals surface area (Å²) in [5.74, 6) is 0.647. The Morgan fingerprint density at radius 1 is 1.24 bits per heavy atom. The summed E-state index contributed by atoms with van der Waals surface area (Å²) in [6, 6.07) is 10.8. The van der Waals surface area contributed by atoms with Crippen LogP contribution in [0.2, 0.25) is 0 Å². The van der Waals surface area contributed by atoms with Crippen molar-refractivity contribution in [2.24, 2.45) is 0 Å². The topological polar surface area (TPSA) is 38.9 Å². The molecule has 2 aromatic rings. The highest BCUT2D eigenvalue weighted by Crippen LogP contribution is 2.35. The number of benzene rings is 1. The molecule has 2 nitrogen and oxygen atoms in total. The molecule has 0 aliphatic heterocycles. The molecule has 1 heterocycles. The van der Waals surface area contributed by atoms with Crippen LogP contribution in [-0.2, 0) is 12.8 Å². The largest absolute Gasteiger partial charge is 0.375 e. The lowest BCUT2D eigenvalue weighted by Crippen LogP contribution is -2.11. The molecule has 0 radical (unpaired) electrons. The normalized spacial score (nSPS) is 18.2. The van der Waals surface area contributed by atoms with Crippen molar-refractivity contribution in [3.63, 3.8) is 0 Å². The van der Waals surface area contributed by atoms with Gasteiger partial charge in [0.05, 0.1) is 5.69 Å². The molecule has 4 heteroatoms. The zero-order chi connectivity index (χ0) is 11.0. The van der Waals surface area contributed by atoms with Crippen molar-refractivity contribution in [3.05, 3.63) is 46.5 Å². The number of anilines is 1. The number of halogens is 1. The summed E-state index contributed by atoms with van der Waals surface area (Å²) in [7, 11) is 0. The summed E-state index contributed by atoms with van der Waals surface area (Å²) in [6.45, 7) is 0. The first-order valence-electron chi connectivity index (χ1n) is 5.62. The van der Waals surface area contributed by atoms with Crippen molar-refractivity contribution in [1.82, 2.24) is 4.98 Å². The Labute approximate surface area is 111 Å². The second kappa shape index (κ2) is 5.07. The SMILES string of the molecule is Cl.Nc1nc2c(s1)CC(c1ccccc1)CC2. The van der Waals surface area contributed by atoms with Crippen molar-refractivity contribution in [1.29, 1.82) is 0 Å². The van der Waals surface area contributed by atoms with E-state index in [-0.39, 0.29) is 12.4 Å². The van der Waals surface area contributed by atoms with Crippen LogP contribution < -0.4 is 5.73 Å². The van der Waals surface area contributed by atoms with Gasteiger partial charge < -0.3 is 5.73 Å². The van der Waals surface area contributed by atoms with Gasteiger partial charge in [-0.25, -0.2) is 4.98 Å². The first-order valence-corrected chi connectivity index (χ1v) is 6.43. The van der Waals surface area contributed by atoms with Gasteiger partial charge in [0.15, 0.2) is 5.13 Å². The molecule has 0 fully saturated rings. The Kier molecular flexibility index (Phi) is 3.69. The number of nitrogens with zero attached hydrogens (tertiary/aromatic N) is 1. The molecule has 1 aromatic carbocycles. The first kappa shape index (κ1) is 12.4. The molecule has 0 amide bonds. The van der Waals surface area contributed by atoms with Crippen molar-refractivity contribution < 1.29 is 0 Å². The van der Waals surface area contributed by atoms with Crippen molar-refractivity contribution in [3.8, 4) is 0 Å². The standard InChI is InChI=1S/C13H14N2S.ClH/c14-13-15-11-7-6-10(8-12(11)16-13)9-4-2-1-3-5-9;/h1-5,10H,6-8H2,(H2,14,15);1H. The molecule has 0 saturated heterocycles. The maximum Gasteiger partial charge on any atom is 0.180 e. The average Bonchev–Trinajstić information content (AvgIpc) is 2.69. The zero-order valence-electron chi connectivity index (χ0n) is 9.43. The lowest BCUT2D eigenvalue weighted by Gasteiger charge is -2.21. The maximum atomic E-state index is 5.75. The monoisotopic (exact) mass is 266 g/mol. The molecule has 0 bridgehead atoms. The predicted octanol–water partition coefficient (Wildman–Crippen LogP) is 3.42. The quantitative estimate of drug-likeness (QED) is 0.859. The number of aromatic nitrogens is 1. The molecule has 1 aliphatic rings. The number of aryl methyl sites for hydroxylation is 1. The van der Waals surface area contributed by atoms with Gasteiger partial charge in [-0.1, -0.05) is 30.3 Å². The number of rotatable bonds is 1. The Balaban J connectivity index is 0.00000108. The molecule has 17 heavy (non-hydrogen) atoms. The minimum Gasteiger partial charge on any atom is -0.375 e. The van der Waals surface area contributed by atoms with E-state index in [0.29, 0.717) is 5.92 Å². The van der Waals surface area contributed by atoms with Crippen LogP contribution in [-0.4, -0.2) is 4.98 Å². The molecular weight excluding hydrogens is 252 g/mol. The first-order chi connectivity index (χ1) is 7.83. The van der Waals surface area contributed by atoms with Gasteiger partial charge in [0.1, 0.15) is 0 Å². The minimum absolute atomic E-state index is 0. The van der Waals surface area contributed by atoms with Gasteiger partial charge in [-0.2, -0.15) is 0 Å². The number of thiazole rings is 1. The summed E-state index contributed by atoms with van der Waals surface area (Å²) in [4.78, 5) is 5.76. The molecule has 0 spiro atoms. The van der Waals surface area contributed by atoms with Gasteiger partial charge in [0, 0.05) is 4.88 Å². The third kappa shape index (κ3) is 2.45. The molecule has 1 unspecified atom stereocenters. The van der Waals surface area contributed by atoms with Crippen LogP contribution in [0.15, 0.2) is 30.3 Å². The minimum atomic E-state index is 0. The molecule has 1 aliphatic carbocycles. The van der Waals surface area contributed by atoms with E-state index < -0.39 is 0 Å². The van der Waals surface area contributed by atoms with Crippen LogP contribution in [0.1, 0.15) is 28.5 Å². The third-order valence-electron chi connectivity index (χ3n) is 3.23. The van der Waals surface area contributed by atoms with Crippen LogP contribution in [0, 0.1) is 0 Å². The molecule has 2 N–H and O–H groups in total. The van der Waals surface area contributed by atoms with Crippen LogP contribution in [0.25, 0.3) is 0 Å². The van der Waals surface area contributed by atoms with Crippen LogP contribution in [0.3, 0.4) is 0 Å². The molecule has 1 atom stereocenters. The molecular formula is C13H15ClN2S. The van der Waals surface area contributed by atoms with E-state index in [2.05, 4.69) is 35.3 Å². The summed E-state index contributed by atoms with van der Waals surface area (Å²) in [5.41, 5.74) is 8.43. The Hall–Kier alpha value is -1.06. The van der Waals surface area contributed by atoms with Crippen LogP contribution in [0.4, 0.5) is 5.13 Å². The fraction of sp³-hybridized carbons (Fsp3) is 0.308. The Morgan fingerprint density at radius 2 is 2.00 bits per heavy atom. The zero-order valence-corrected chi connectivity index (χ0v) is 11.1. The average molecular weight is 267 g/mol. The Morgan fingerprint density at radius 3 is 2.76 bits per heavy atom. The highest BCUT2D eigenvalue weighted by atomic mass is 35.5. The van der Waals surface area contributed by atoms with E-state index in [0.717, 1.165) is 18.0 Å². The van der Waals surface area contributed by atoms with Gasteiger partial charge in [-0.3, -0.25) is 0 Å². The number of nitrogen functional groups attached to an aromatic ring is 1. The van der Waals surface area contributed by atoms with Crippen molar-refractivity contribution in [2.75, 3.05) is 5.73 Å². The number of nitrogens with two attached hydrogens (primary N) is 1. The molecule has 0 saturated carbocycles. The van der Waals surface area contributed by atoms with Crippen molar-refractivity contribution in [2.45, 2.75) is 25.2 Å². The summed E-state index contributed by atoms with van der Waals surface area (Å²) in [5, 5.41) is 0.721. The van der Waals surface area contributed by atoms with E-state index in [1.54, 1.807) is 11.3 Å². The summed E-state index contributed by atoms with van der Waals surface area (Å²) < 4.78 is 0. The smallest absolute Gasteiger partial charge is 0.180 e. The van der Waals surface area contributed by atoms with Gasteiger partial charge in [-0.05, 0) is 30.7 Å². The van der Waals surface area contributed by atoms with Gasteiger partial charge >= 0.3 is 0 Å². The number of hydrogen-bond donors (Lipinski definition) is 1.